The Hall–Kier alpha value is -0.350. The van der Waals surface area contributed by atoms with Crippen molar-refractivity contribution in [1.29, 1.82) is 0 Å². The van der Waals surface area contributed by atoms with Gasteiger partial charge in [0, 0.05) is 12.5 Å². The van der Waals surface area contributed by atoms with Crippen LogP contribution >= 0.6 is 0 Å². The molecular formula is C6H11NO2S. The smallest absolute Gasteiger partial charge is 0.209 e. The Morgan fingerprint density at radius 2 is 2.10 bits per heavy atom. The standard InChI is InChI=1S/C6H11NO2S/c1-5(2)7-10(8,9)6-3-4-6/h3,5,7H,4H2,1-2H3. The average Bonchev–Trinajstić information content (AvgIpc) is 2.35. The van der Waals surface area contributed by atoms with Crippen molar-refractivity contribution in [2.24, 2.45) is 0 Å². The molecule has 0 fully saturated rings. The Labute approximate surface area is 61.2 Å². The van der Waals surface area contributed by atoms with Crippen molar-refractivity contribution in [1.82, 2.24) is 4.72 Å². The van der Waals surface area contributed by atoms with Gasteiger partial charge in [-0.2, -0.15) is 0 Å². The van der Waals surface area contributed by atoms with Gasteiger partial charge in [0.2, 0.25) is 10.0 Å². The lowest BCUT2D eigenvalue weighted by atomic mass is 10.4. The molecule has 0 radical (unpaired) electrons. The molecule has 0 spiro atoms. The summed E-state index contributed by atoms with van der Waals surface area (Å²) in [5.41, 5.74) is 0. The van der Waals surface area contributed by atoms with E-state index in [1.807, 2.05) is 0 Å². The highest BCUT2D eigenvalue weighted by Crippen LogP contribution is 2.23. The second-order valence-electron chi connectivity index (χ2n) is 2.65. The zero-order valence-corrected chi connectivity index (χ0v) is 6.90. The van der Waals surface area contributed by atoms with Gasteiger partial charge in [-0.05, 0) is 13.8 Å². The summed E-state index contributed by atoms with van der Waals surface area (Å²) in [6.07, 6.45) is 2.33. The van der Waals surface area contributed by atoms with Gasteiger partial charge in [-0.1, -0.05) is 6.08 Å². The van der Waals surface area contributed by atoms with Gasteiger partial charge in [-0.25, -0.2) is 13.1 Å². The molecule has 0 unspecified atom stereocenters. The third-order valence-corrected chi connectivity index (χ3v) is 2.91. The molecule has 4 heteroatoms. The Kier molecular flexibility index (Phi) is 1.83. The lowest BCUT2D eigenvalue weighted by Gasteiger charge is -2.05. The van der Waals surface area contributed by atoms with Crippen LogP contribution in [0.5, 0.6) is 0 Å². The summed E-state index contributed by atoms with van der Waals surface area (Å²) in [7, 11) is -3.08. The Bertz CT molecular complexity index is 251. The quantitative estimate of drug-likeness (QED) is 0.659. The molecule has 1 aliphatic carbocycles. The minimum Gasteiger partial charge on any atom is -0.209 e. The van der Waals surface area contributed by atoms with Crippen LogP contribution in [0.4, 0.5) is 0 Å². The molecule has 3 nitrogen and oxygen atoms in total. The first-order valence-corrected chi connectivity index (χ1v) is 4.72. The fourth-order valence-electron chi connectivity index (χ4n) is 0.647. The third-order valence-electron chi connectivity index (χ3n) is 1.11. The maximum atomic E-state index is 11.0. The van der Waals surface area contributed by atoms with E-state index in [2.05, 4.69) is 4.72 Å². The summed E-state index contributed by atoms with van der Waals surface area (Å²) in [5.74, 6) is 0. The lowest BCUT2D eigenvalue weighted by Crippen LogP contribution is -2.29. The van der Waals surface area contributed by atoms with Crippen molar-refractivity contribution < 1.29 is 8.42 Å². The highest BCUT2D eigenvalue weighted by molar-refractivity contribution is 7.93. The van der Waals surface area contributed by atoms with E-state index in [0.29, 0.717) is 11.3 Å². The number of hydrogen-bond acceptors (Lipinski definition) is 2. The van der Waals surface area contributed by atoms with Crippen molar-refractivity contribution in [3.05, 3.63) is 11.0 Å². The molecule has 0 aromatic rings. The van der Waals surface area contributed by atoms with Gasteiger partial charge in [0.25, 0.3) is 0 Å². The van der Waals surface area contributed by atoms with E-state index in [4.69, 9.17) is 0 Å². The molecule has 0 amide bonds. The third kappa shape index (κ3) is 1.82. The van der Waals surface area contributed by atoms with Gasteiger partial charge in [-0.3, -0.25) is 0 Å². The van der Waals surface area contributed by atoms with E-state index in [-0.39, 0.29) is 6.04 Å². The van der Waals surface area contributed by atoms with Crippen LogP contribution in [0, 0.1) is 0 Å². The van der Waals surface area contributed by atoms with Crippen molar-refractivity contribution in [3.63, 3.8) is 0 Å². The van der Waals surface area contributed by atoms with E-state index in [1.54, 1.807) is 19.9 Å². The molecule has 0 bridgehead atoms. The largest absolute Gasteiger partial charge is 0.236 e. The highest BCUT2D eigenvalue weighted by Gasteiger charge is 2.24. The summed E-state index contributed by atoms with van der Waals surface area (Å²) >= 11 is 0. The SMILES string of the molecule is CC(C)NS(=O)(=O)C1=CC1. The van der Waals surface area contributed by atoms with Crippen LogP contribution in [0.1, 0.15) is 20.3 Å². The van der Waals surface area contributed by atoms with Crippen LogP contribution in [-0.2, 0) is 10.0 Å². The van der Waals surface area contributed by atoms with E-state index >= 15 is 0 Å². The van der Waals surface area contributed by atoms with E-state index in [0.717, 1.165) is 0 Å². The van der Waals surface area contributed by atoms with Crippen LogP contribution < -0.4 is 4.72 Å². The van der Waals surface area contributed by atoms with Crippen molar-refractivity contribution >= 4 is 10.0 Å². The van der Waals surface area contributed by atoms with E-state index in [9.17, 15) is 8.42 Å². The number of hydrogen-bond donors (Lipinski definition) is 1. The molecule has 0 heterocycles. The summed E-state index contributed by atoms with van der Waals surface area (Å²) in [5, 5.41) is 0. The van der Waals surface area contributed by atoms with Crippen LogP contribution in [-0.4, -0.2) is 14.5 Å². The van der Waals surface area contributed by atoms with Crippen LogP contribution in [0.25, 0.3) is 0 Å². The summed E-state index contributed by atoms with van der Waals surface area (Å²) in [6.45, 7) is 3.61. The molecule has 10 heavy (non-hydrogen) atoms. The minimum absolute atomic E-state index is 0.00787. The number of allylic oxidation sites excluding steroid dienone is 2. The predicted molar refractivity (Wildman–Crippen MR) is 39.9 cm³/mol. The van der Waals surface area contributed by atoms with Gasteiger partial charge in [0.05, 0.1) is 4.91 Å². The molecule has 58 valence electrons. The molecule has 1 rings (SSSR count). The zero-order valence-electron chi connectivity index (χ0n) is 6.09. The summed E-state index contributed by atoms with van der Waals surface area (Å²) < 4.78 is 24.5. The van der Waals surface area contributed by atoms with Gasteiger partial charge in [0.1, 0.15) is 0 Å². The predicted octanol–water partition coefficient (Wildman–Crippen LogP) is 0.602. The Morgan fingerprint density at radius 3 is 2.40 bits per heavy atom. The van der Waals surface area contributed by atoms with Crippen molar-refractivity contribution in [3.8, 4) is 0 Å². The first kappa shape index (κ1) is 7.75. The highest BCUT2D eigenvalue weighted by atomic mass is 32.2. The molecular weight excluding hydrogens is 150 g/mol. The first-order chi connectivity index (χ1) is 4.52. The van der Waals surface area contributed by atoms with Gasteiger partial charge < -0.3 is 0 Å². The van der Waals surface area contributed by atoms with Crippen LogP contribution in [0.2, 0.25) is 0 Å². The normalized spacial score (nSPS) is 17.3. The molecule has 1 N–H and O–H groups in total. The fourth-order valence-corrected chi connectivity index (χ4v) is 1.94. The minimum atomic E-state index is -3.08. The Balaban J connectivity index is 2.61. The molecule has 0 saturated carbocycles. The Morgan fingerprint density at radius 1 is 1.60 bits per heavy atom. The number of rotatable bonds is 3. The summed E-state index contributed by atoms with van der Waals surface area (Å²) in [4.78, 5) is 0.529. The van der Waals surface area contributed by atoms with Crippen molar-refractivity contribution in [2.75, 3.05) is 0 Å². The molecule has 0 saturated heterocycles. The summed E-state index contributed by atoms with van der Waals surface area (Å²) in [6, 6.07) is -0.00787. The fraction of sp³-hybridized carbons (Fsp3) is 0.667. The number of nitrogens with one attached hydrogen (secondary N) is 1. The second-order valence-corrected chi connectivity index (χ2v) is 4.42. The van der Waals surface area contributed by atoms with Gasteiger partial charge >= 0.3 is 0 Å². The molecule has 0 atom stereocenters. The van der Waals surface area contributed by atoms with Crippen LogP contribution in [0.15, 0.2) is 11.0 Å². The lowest BCUT2D eigenvalue weighted by molar-refractivity contribution is 0.577. The number of sulfonamides is 1. The molecule has 1 aliphatic rings. The zero-order chi connectivity index (χ0) is 7.78. The average molecular weight is 161 g/mol. The molecule has 0 aliphatic heterocycles. The van der Waals surface area contributed by atoms with Gasteiger partial charge in [0.15, 0.2) is 0 Å². The van der Waals surface area contributed by atoms with Gasteiger partial charge in [-0.15, -0.1) is 0 Å². The topological polar surface area (TPSA) is 46.2 Å². The van der Waals surface area contributed by atoms with E-state index in [1.165, 1.54) is 0 Å². The first-order valence-electron chi connectivity index (χ1n) is 3.24. The van der Waals surface area contributed by atoms with Crippen molar-refractivity contribution in [2.45, 2.75) is 26.3 Å². The maximum Gasteiger partial charge on any atom is 0.236 e. The van der Waals surface area contributed by atoms with E-state index < -0.39 is 10.0 Å². The molecule has 0 aromatic heterocycles. The maximum absolute atomic E-state index is 11.0. The van der Waals surface area contributed by atoms with Crippen LogP contribution in [0.3, 0.4) is 0 Å². The second kappa shape index (κ2) is 2.36. The monoisotopic (exact) mass is 161 g/mol. The molecule has 0 aromatic carbocycles.